The number of thioether (sulfide) groups is 1. The molecule has 0 unspecified atom stereocenters. The molecule has 0 atom stereocenters. The van der Waals surface area contributed by atoms with Gasteiger partial charge < -0.3 is 10.1 Å². The van der Waals surface area contributed by atoms with E-state index in [1.807, 2.05) is 17.5 Å². The van der Waals surface area contributed by atoms with Crippen LogP contribution < -0.4 is 5.32 Å². The number of nitrogens with one attached hydrogen (secondary N) is 1. The fraction of sp³-hybridized carbons (Fsp3) is 0.294. The molecule has 1 aromatic heterocycles. The molecular weight excluding hydrogens is 387 g/mol. The Labute approximate surface area is 156 Å². The molecule has 0 aliphatic carbocycles. The van der Waals surface area contributed by atoms with Gasteiger partial charge in [-0.2, -0.15) is 24.9 Å². The van der Waals surface area contributed by atoms with Crippen LogP contribution in [0.15, 0.2) is 41.8 Å². The Morgan fingerprint density at radius 1 is 1.15 bits per heavy atom. The lowest BCUT2D eigenvalue weighted by Crippen LogP contribution is -2.30. The highest BCUT2D eigenvalue weighted by Crippen LogP contribution is 2.32. The topological polar surface area (TPSA) is 55.4 Å². The fourth-order valence-electron chi connectivity index (χ4n) is 2.00. The van der Waals surface area contributed by atoms with Gasteiger partial charge >= 0.3 is 12.1 Å². The molecule has 0 spiro atoms. The second kappa shape index (κ2) is 9.63. The molecule has 1 heterocycles. The van der Waals surface area contributed by atoms with Gasteiger partial charge in [-0.3, -0.25) is 4.79 Å². The first-order valence-electron chi connectivity index (χ1n) is 7.58. The number of thiophene rings is 1. The molecule has 140 valence electrons. The third-order valence-electron chi connectivity index (χ3n) is 3.18. The summed E-state index contributed by atoms with van der Waals surface area (Å²) in [7, 11) is 0. The maximum absolute atomic E-state index is 12.9. The molecule has 0 aliphatic heterocycles. The fourth-order valence-corrected chi connectivity index (χ4v) is 3.70. The summed E-state index contributed by atoms with van der Waals surface area (Å²) in [4.78, 5) is 24.7. The van der Waals surface area contributed by atoms with Crippen molar-refractivity contribution in [1.82, 2.24) is 5.32 Å². The lowest BCUT2D eigenvalue weighted by molar-refractivity contribution is -0.138. The van der Waals surface area contributed by atoms with Crippen molar-refractivity contribution in [3.8, 4) is 0 Å². The van der Waals surface area contributed by atoms with Gasteiger partial charge in [0, 0.05) is 22.9 Å². The Bertz CT molecular complexity index is 733. The summed E-state index contributed by atoms with van der Waals surface area (Å²) in [5.74, 6) is -0.217. The van der Waals surface area contributed by atoms with Gasteiger partial charge in [0.1, 0.15) is 0 Å². The van der Waals surface area contributed by atoms with Crippen LogP contribution in [0.3, 0.4) is 0 Å². The number of ether oxygens (including phenoxy) is 1. The highest BCUT2D eigenvalue weighted by Gasteiger charge is 2.35. The molecular formula is C17H16F3NO3S2. The van der Waals surface area contributed by atoms with Crippen LogP contribution in [0.5, 0.6) is 0 Å². The van der Waals surface area contributed by atoms with Gasteiger partial charge in [-0.05, 0) is 23.6 Å². The Morgan fingerprint density at radius 2 is 1.92 bits per heavy atom. The van der Waals surface area contributed by atoms with E-state index < -0.39 is 35.8 Å². The number of alkyl halides is 3. The maximum Gasteiger partial charge on any atom is 0.417 e. The van der Waals surface area contributed by atoms with E-state index >= 15 is 0 Å². The Hall–Kier alpha value is -2.00. The van der Waals surface area contributed by atoms with Crippen molar-refractivity contribution in [2.75, 3.05) is 18.9 Å². The summed E-state index contributed by atoms with van der Waals surface area (Å²) in [6, 6.07) is 8.28. The SMILES string of the molecule is O=C(COC(=O)c1ccccc1C(F)(F)F)NCCSCc1cccs1. The molecule has 4 nitrogen and oxygen atoms in total. The van der Waals surface area contributed by atoms with Crippen molar-refractivity contribution >= 4 is 35.0 Å². The molecule has 2 rings (SSSR count). The minimum Gasteiger partial charge on any atom is -0.452 e. The molecule has 0 aliphatic rings. The van der Waals surface area contributed by atoms with Crippen LogP contribution in [0.2, 0.25) is 0 Å². The molecule has 26 heavy (non-hydrogen) atoms. The highest BCUT2D eigenvalue weighted by atomic mass is 32.2. The van der Waals surface area contributed by atoms with Crippen molar-refractivity contribution in [3.05, 3.63) is 57.8 Å². The van der Waals surface area contributed by atoms with E-state index in [2.05, 4.69) is 10.1 Å². The Kier molecular flexibility index (Phi) is 7.52. The minimum atomic E-state index is -4.67. The number of halogens is 3. The molecule has 9 heteroatoms. The summed E-state index contributed by atoms with van der Waals surface area (Å²) in [6.45, 7) is -0.244. The number of rotatable bonds is 8. The number of esters is 1. The van der Waals surface area contributed by atoms with Gasteiger partial charge in [-0.25, -0.2) is 4.79 Å². The van der Waals surface area contributed by atoms with Gasteiger partial charge in [0.2, 0.25) is 0 Å². The third-order valence-corrected chi connectivity index (χ3v) is 5.25. The highest BCUT2D eigenvalue weighted by molar-refractivity contribution is 7.98. The van der Waals surface area contributed by atoms with E-state index in [1.165, 1.54) is 17.0 Å². The zero-order valence-corrected chi connectivity index (χ0v) is 15.2. The number of hydrogen-bond donors (Lipinski definition) is 1. The zero-order chi connectivity index (χ0) is 19.0. The monoisotopic (exact) mass is 403 g/mol. The van der Waals surface area contributed by atoms with Crippen LogP contribution in [0.1, 0.15) is 20.8 Å². The van der Waals surface area contributed by atoms with E-state index in [0.29, 0.717) is 12.3 Å². The second-order valence-electron chi connectivity index (χ2n) is 5.10. The summed E-state index contributed by atoms with van der Waals surface area (Å²) in [5.41, 5.74) is -1.70. The number of carbonyl (C=O) groups excluding carboxylic acids is 2. The quantitative estimate of drug-likeness (QED) is 0.535. The van der Waals surface area contributed by atoms with Gasteiger partial charge in [0.25, 0.3) is 5.91 Å². The standard InChI is InChI=1S/C17H16F3NO3S2/c18-17(19,20)14-6-2-1-5-13(14)16(23)24-10-15(22)21-7-9-25-11-12-4-3-8-26-12/h1-6,8H,7,9-11H2,(H,21,22). The van der Waals surface area contributed by atoms with Crippen molar-refractivity contribution in [3.63, 3.8) is 0 Å². The number of benzene rings is 1. The van der Waals surface area contributed by atoms with Crippen LogP contribution in [-0.4, -0.2) is 30.8 Å². The van der Waals surface area contributed by atoms with Crippen LogP contribution >= 0.6 is 23.1 Å². The van der Waals surface area contributed by atoms with Crippen molar-refractivity contribution in [2.24, 2.45) is 0 Å². The predicted molar refractivity (Wildman–Crippen MR) is 95.2 cm³/mol. The average molecular weight is 403 g/mol. The lowest BCUT2D eigenvalue weighted by atomic mass is 10.1. The maximum atomic E-state index is 12.9. The Morgan fingerprint density at radius 3 is 2.62 bits per heavy atom. The molecule has 1 aromatic carbocycles. The van der Waals surface area contributed by atoms with E-state index in [9.17, 15) is 22.8 Å². The van der Waals surface area contributed by atoms with E-state index in [1.54, 1.807) is 23.1 Å². The first kappa shape index (κ1) is 20.3. The molecule has 1 amide bonds. The van der Waals surface area contributed by atoms with E-state index in [0.717, 1.165) is 17.9 Å². The molecule has 2 aromatic rings. The summed E-state index contributed by atoms with van der Waals surface area (Å²) in [5, 5.41) is 4.55. The van der Waals surface area contributed by atoms with Gasteiger partial charge in [-0.1, -0.05) is 18.2 Å². The van der Waals surface area contributed by atoms with Crippen LogP contribution in [0, 0.1) is 0 Å². The number of amides is 1. The number of hydrogen-bond acceptors (Lipinski definition) is 5. The first-order chi connectivity index (χ1) is 12.4. The minimum absolute atomic E-state index is 0.381. The van der Waals surface area contributed by atoms with Gasteiger partial charge in [-0.15, -0.1) is 11.3 Å². The molecule has 0 saturated heterocycles. The third kappa shape index (κ3) is 6.38. The van der Waals surface area contributed by atoms with Gasteiger partial charge in [0.15, 0.2) is 6.61 Å². The summed E-state index contributed by atoms with van der Waals surface area (Å²) < 4.78 is 43.3. The largest absolute Gasteiger partial charge is 0.452 e. The van der Waals surface area contributed by atoms with Gasteiger partial charge in [0.05, 0.1) is 11.1 Å². The summed E-state index contributed by atoms with van der Waals surface area (Å²) >= 11 is 3.30. The van der Waals surface area contributed by atoms with Crippen molar-refractivity contribution in [2.45, 2.75) is 11.9 Å². The molecule has 0 radical (unpaired) electrons. The number of carbonyl (C=O) groups is 2. The van der Waals surface area contributed by atoms with Crippen LogP contribution in [0.4, 0.5) is 13.2 Å². The second-order valence-corrected chi connectivity index (χ2v) is 7.24. The average Bonchev–Trinajstić information content (AvgIpc) is 3.12. The zero-order valence-electron chi connectivity index (χ0n) is 13.5. The van der Waals surface area contributed by atoms with E-state index in [-0.39, 0.29) is 0 Å². The smallest absolute Gasteiger partial charge is 0.417 e. The van der Waals surface area contributed by atoms with Crippen LogP contribution in [-0.2, 0) is 21.5 Å². The molecule has 1 N–H and O–H groups in total. The summed E-state index contributed by atoms with van der Waals surface area (Å²) in [6.07, 6.45) is -4.67. The molecule has 0 saturated carbocycles. The lowest BCUT2D eigenvalue weighted by Gasteiger charge is -2.12. The molecule has 0 bridgehead atoms. The first-order valence-corrected chi connectivity index (χ1v) is 9.61. The van der Waals surface area contributed by atoms with Crippen LogP contribution in [0.25, 0.3) is 0 Å². The van der Waals surface area contributed by atoms with E-state index in [4.69, 9.17) is 0 Å². The predicted octanol–water partition coefficient (Wildman–Crippen LogP) is 3.97. The molecule has 0 fully saturated rings. The van der Waals surface area contributed by atoms with Crippen molar-refractivity contribution < 1.29 is 27.5 Å². The Balaban J connectivity index is 1.71. The normalized spacial score (nSPS) is 11.2. The van der Waals surface area contributed by atoms with Crippen molar-refractivity contribution in [1.29, 1.82) is 0 Å².